The second kappa shape index (κ2) is 4.76. The lowest BCUT2D eigenvalue weighted by Crippen LogP contribution is -1.94. The van der Waals surface area contributed by atoms with E-state index in [1.165, 1.54) is 5.56 Å². The summed E-state index contributed by atoms with van der Waals surface area (Å²) in [6.07, 6.45) is 2.11. The van der Waals surface area contributed by atoms with Crippen LogP contribution in [0.4, 0.5) is 0 Å². The van der Waals surface area contributed by atoms with Gasteiger partial charge in [0.1, 0.15) is 11.6 Å². The molecule has 0 N–H and O–H groups in total. The summed E-state index contributed by atoms with van der Waals surface area (Å²) in [5.74, 6) is 0.711. The fourth-order valence-electron chi connectivity index (χ4n) is 2.66. The van der Waals surface area contributed by atoms with Crippen molar-refractivity contribution in [3.05, 3.63) is 54.4 Å². The molecule has 1 atom stereocenters. The van der Waals surface area contributed by atoms with Crippen molar-refractivity contribution >= 4 is 11.1 Å². The zero-order valence-corrected chi connectivity index (χ0v) is 11.1. The number of nitrogens with zero attached hydrogens (tertiary/aromatic N) is 1. The number of hydrogen-bond donors (Lipinski definition) is 0. The standard InChI is InChI=1S/C17H15NO2/c1-2-5-12(6-3-1)13-8-9-14-16(11-13)20-17(18-14)15-7-4-10-19-15/h1-3,5-6,8-9,11,15H,4,7,10H2. The number of fused-ring (bicyclic) bond motifs is 1. The lowest BCUT2D eigenvalue weighted by molar-refractivity contribution is 0.0907. The van der Waals surface area contributed by atoms with Crippen molar-refractivity contribution in [1.82, 2.24) is 4.98 Å². The van der Waals surface area contributed by atoms with Crippen LogP contribution < -0.4 is 0 Å². The molecule has 1 fully saturated rings. The van der Waals surface area contributed by atoms with Gasteiger partial charge in [0.2, 0.25) is 5.89 Å². The van der Waals surface area contributed by atoms with Crippen LogP contribution in [0.1, 0.15) is 24.8 Å². The Morgan fingerprint density at radius 3 is 2.70 bits per heavy atom. The van der Waals surface area contributed by atoms with Crippen molar-refractivity contribution in [3.8, 4) is 11.1 Å². The zero-order chi connectivity index (χ0) is 13.4. The Kier molecular flexibility index (Phi) is 2.78. The van der Waals surface area contributed by atoms with Crippen molar-refractivity contribution in [2.24, 2.45) is 0 Å². The largest absolute Gasteiger partial charge is 0.438 e. The van der Waals surface area contributed by atoms with Gasteiger partial charge in [-0.3, -0.25) is 0 Å². The summed E-state index contributed by atoms with van der Waals surface area (Å²) >= 11 is 0. The molecule has 2 aromatic carbocycles. The molecule has 3 aromatic rings. The molecule has 0 aliphatic carbocycles. The number of aromatic nitrogens is 1. The highest BCUT2D eigenvalue weighted by molar-refractivity contribution is 5.80. The predicted molar refractivity (Wildman–Crippen MR) is 77.4 cm³/mol. The second-order valence-electron chi connectivity index (χ2n) is 5.10. The minimum atomic E-state index is 0.0302. The average Bonchev–Trinajstić information content (AvgIpc) is 3.16. The van der Waals surface area contributed by atoms with E-state index in [2.05, 4.69) is 29.2 Å². The summed E-state index contributed by atoms with van der Waals surface area (Å²) in [5, 5.41) is 0. The molecule has 1 aliphatic heterocycles. The first-order valence-electron chi connectivity index (χ1n) is 6.98. The normalized spacial score (nSPS) is 18.7. The summed E-state index contributed by atoms with van der Waals surface area (Å²) in [5.41, 5.74) is 4.06. The van der Waals surface area contributed by atoms with Crippen molar-refractivity contribution in [2.75, 3.05) is 6.61 Å². The van der Waals surface area contributed by atoms with Crippen molar-refractivity contribution in [2.45, 2.75) is 18.9 Å². The molecule has 0 amide bonds. The molecule has 1 unspecified atom stereocenters. The van der Waals surface area contributed by atoms with Crippen LogP contribution in [0.2, 0.25) is 0 Å². The summed E-state index contributed by atoms with van der Waals surface area (Å²) in [6, 6.07) is 16.4. The molecule has 3 nitrogen and oxygen atoms in total. The van der Waals surface area contributed by atoms with E-state index in [0.717, 1.165) is 36.1 Å². The molecule has 2 heterocycles. The summed E-state index contributed by atoms with van der Waals surface area (Å²) in [6.45, 7) is 0.804. The fourth-order valence-corrected chi connectivity index (χ4v) is 2.66. The summed E-state index contributed by atoms with van der Waals surface area (Å²) < 4.78 is 11.5. The number of benzene rings is 2. The molecule has 0 radical (unpaired) electrons. The van der Waals surface area contributed by atoms with Gasteiger partial charge in [-0.2, -0.15) is 0 Å². The second-order valence-corrected chi connectivity index (χ2v) is 5.10. The first-order valence-corrected chi connectivity index (χ1v) is 6.98. The van der Waals surface area contributed by atoms with E-state index >= 15 is 0 Å². The van der Waals surface area contributed by atoms with Crippen LogP contribution in [-0.4, -0.2) is 11.6 Å². The number of rotatable bonds is 2. The molecule has 1 saturated heterocycles. The van der Waals surface area contributed by atoms with Crippen LogP contribution in [0.5, 0.6) is 0 Å². The van der Waals surface area contributed by atoms with Crippen molar-refractivity contribution in [3.63, 3.8) is 0 Å². The third kappa shape index (κ3) is 2.00. The van der Waals surface area contributed by atoms with Crippen LogP contribution in [0.15, 0.2) is 52.9 Å². The third-order valence-electron chi connectivity index (χ3n) is 3.72. The predicted octanol–water partition coefficient (Wildman–Crippen LogP) is 4.35. The van der Waals surface area contributed by atoms with Gasteiger partial charge in [0, 0.05) is 6.61 Å². The van der Waals surface area contributed by atoms with Gasteiger partial charge in [-0.25, -0.2) is 4.98 Å². The molecule has 1 aromatic heterocycles. The average molecular weight is 265 g/mol. The van der Waals surface area contributed by atoms with E-state index in [9.17, 15) is 0 Å². The molecular weight excluding hydrogens is 250 g/mol. The van der Waals surface area contributed by atoms with Gasteiger partial charge in [0.25, 0.3) is 0 Å². The van der Waals surface area contributed by atoms with Crippen LogP contribution in [-0.2, 0) is 4.74 Å². The van der Waals surface area contributed by atoms with Gasteiger partial charge in [-0.1, -0.05) is 36.4 Å². The van der Waals surface area contributed by atoms with Gasteiger partial charge in [-0.05, 0) is 36.1 Å². The maximum Gasteiger partial charge on any atom is 0.224 e. The monoisotopic (exact) mass is 265 g/mol. The first-order chi connectivity index (χ1) is 9.90. The van der Waals surface area contributed by atoms with E-state index in [0.29, 0.717) is 5.89 Å². The highest BCUT2D eigenvalue weighted by atomic mass is 16.5. The zero-order valence-electron chi connectivity index (χ0n) is 11.1. The van der Waals surface area contributed by atoms with E-state index in [4.69, 9.17) is 9.15 Å². The highest BCUT2D eigenvalue weighted by Gasteiger charge is 2.23. The minimum absolute atomic E-state index is 0.0302. The Morgan fingerprint density at radius 2 is 1.90 bits per heavy atom. The number of oxazole rings is 1. The Morgan fingerprint density at radius 1 is 1.00 bits per heavy atom. The molecule has 4 rings (SSSR count). The van der Waals surface area contributed by atoms with E-state index < -0.39 is 0 Å². The molecule has 3 heteroatoms. The van der Waals surface area contributed by atoms with Gasteiger partial charge in [0.05, 0.1) is 0 Å². The lowest BCUT2D eigenvalue weighted by Gasteiger charge is -2.01. The van der Waals surface area contributed by atoms with Crippen LogP contribution in [0.3, 0.4) is 0 Å². The third-order valence-corrected chi connectivity index (χ3v) is 3.72. The summed E-state index contributed by atoms with van der Waals surface area (Å²) in [7, 11) is 0. The van der Waals surface area contributed by atoms with E-state index in [1.54, 1.807) is 0 Å². The minimum Gasteiger partial charge on any atom is -0.438 e. The van der Waals surface area contributed by atoms with Crippen molar-refractivity contribution < 1.29 is 9.15 Å². The Hall–Kier alpha value is -2.13. The molecule has 0 saturated carbocycles. The molecule has 100 valence electrons. The SMILES string of the molecule is c1ccc(-c2ccc3nc(C4CCCO4)oc3c2)cc1. The van der Waals surface area contributed by atoms with Gasteiger partial charge in [0.15, 0.2) is 5.58 Å². The van der Waals surface area contributed by atoms with Crippen LogP contribution in [0, 0.1) is 0 Å². The molecule has 20 heavy (non-hydrogen) atoms. The molecule has 0 spiro atoms. The number of hydrogen-bond acceptors (Lipinski definition) is 3. The summed E-state index contributed by atoms with van der Waals surface area (Å²) in [4.78, 5) is 4.54. The van der Waals surface area contributed by atoms with E-state index in [-0.39, 0.29) is 6.10 Å². The van der Waals surface area contributed by atoms with Crippen molar-refractivity contribution in [1.29, 1.82) is 0 Å². The fraction of sp³-hybridized carbons (Fsp3) is 0.235. The number of ether oxygens (including phenoxy) is 1. The van der Waals surface area contributed by atoms with Crippen LogP contribution in [0.25, 0.3) is 22.2 Å². The Balaban J connectivity index is 1.76. The van der Waals surface area contributed by atoms with Gasteiger partial charge in [-0.15, -0.1) is 0 Å². The molecule has 0 bridgehead atoms. The lowest BCUT2D eigenvalue weighted by atomic mass is 10.1. The highest BCUT2D eigenvalue weighted by Crippen LogP contribution is 2.31. The Labute approximate surface area is 117 Å². The molecular formula is C17H15NO2. The van der Waals surface area contributed by atoms with Crippen LogP contribution >= 0.6 is 0 Å². The van der Waals surface area contributed by atoms with Gasteiger partial charge < -0.3 is 9.15 Å². The van der Waals surface area contributed by atoms with E-state index in [1.807, 2.05) is 24.3 Å². The smallest absolute Gasteiger partial charge is 0.224 e. The maximum atomic E-state index is 5.88. The quantitative estimate of drug-likeness (QED) is 0.691. The first kappa shape index (κ1) is 11.7. The topological polar surface area (TPSA) is 35.3 Å². The molecule has 1 aliphatic rings. The Bertz CT molecular complexity index is 727. The van der Waals surface area contributed by atoms with Gasteiger partial charge >= 0.3 is 0 Å². The maximum absolute atomic E-state index is 5.88.